The molecular weight excluding hydrogens is 404 g/mol. The van der Waals surface area contributed by atoms with Crippen molar-refractivity contribution in [1.29, 1.82) is 0 Å². The Morgan fingerprint density at radius 1 is 1.07 bits per heavy atom. The van der Waals surface area contributed by atoms with Gasteiger partial charge in [0.25, 0.3) is 0 Å². The zero-order chi connectivity index (χ0) is 21.1. The first-order valence-corrected chi connectivity index (χ1v) is 10.1. The van der Waals surface area contributed by atoms with Gasteiger partial charge >= 0.3 is 0 Å². The zero-order valence-electron chi connectivity index (χ0n) is 17.0. The number of aromatic nitrogens is 6. The molecule has 4 aromatic rings. The molecule has 154 valence electrons. The second-order valence-corrected chi connectivity index (χ2v) is 7.47. The van der Waals surface area contributed by atoms with Crippen molar-refractivity contribution in [3.63, 3.8) is 0 Å². The van der Waals surface area contributed by atoms with Crippen molar-refractivity contribution in [2.45, 2.75) is 24.8 Å². The number of methoxy groups -OCH3 is 2. The maximum Gasteiger partial charge on any atom is 0.237 e. The number of ether oxygens (including phenoxy) is 2. The molecule has 2 aromatic heterocycles. The molecule has 30 heavy (non-hydrogen) atoms. The van der Waals surface area contributed by atoms with Crippen molar-refractivity contribution in [2.75, 3.05) is 14.2 Å². The molecule has 0 aliphatic rings. The van der Waals surface area contributed by atoms with E-state index in [1.54, 1.807) is 25.0 Å². The lowest BCUT2D eigenvalue weighted by atomic mass is 10.1. The van der Waals surface area contributed by atoms with Crippen LogP contribution in [0.25, 0.3) is 17.1 Å². The number of thioether (sulfide) groups is 1. The van der Waals surface area contributed by atoms with Gasteiger partial charge in [0.15, 0.2) is 0 Å². The van der Waals surface area contributed by atoms with Crippen LogP contribution < -0.4 is 9.47 Å². The number of rotatable bonds is 7. The number of hydrogen-bond acceptors (Lipinski definition) is 9. The van der Waals surface area contributed by atoms with Gasteiger partial charge in [0.05, 0.1) is 31.2 Å². The molecule has 0 saturated carbocycles. The number of hydrogen-bond donors (Lipinski definition) is 0. The lowest BCUT2D eigenvalue weighted by Gasteiger charge is -2.07. The lowest BCUT2D eigenvalue weighted by molar-refractivity contribution is 0.388. The molecule has 0 bridgehead atoms. The van der Waals surface area contributed by atoms with Crippen molar-refractivity contribution in [2.24, 2.45) is 0 Å². The van der Waals surface area contributed by atoms with Gasteiger partial charge in [0, 0.05) is 6.07 Å². The molecule has 0 saturated heterocycles. The van der Waals surface area contributed by atoms with E-state index in [9.17, 15) is 0 Å². The van der Waals surface area contributed by atoms with Gasteiger partial charge in [0.2, 0.25) is 16.9 Å². The molecule has 0 aliphatic heterocycles. The van der Waals surface area contributed by atoms with Crippen molar-refractivity contribution < 1.29 is 14.0 Å². The first-order valence-electron chi connectivity index (χ1n) is 9.13. The molecule has 0 unspecified atom stereocenters. The van der Waals surface area contributed by atoms with E-state index in [0.717, 1.165) is 16.8 Å². The first-order chi connectivity index (χ1) is 14.6. The maximum absolute atomic E-state index is 5.42. The van der Waals surface area contributed by atoms with Gasteiger partial charge in [-0.05, 0) is 48.0 Å². The minimum Gasteiger partial charge on any atom is -0.497 e. The van der Waals surface area contributed by atoms with Gasteiger partial charge in [0.1, 0.15) is 11.5 Å². The Morgan fingerprint density at radius 3 is 2.70 bits per heavy atom. The van der Waals surface area contributed by atoms with E-state index in [2.05, 4.69) is 38.7 Å². The fraction of sp³-hybridized carbons (Fsp3) is 0.250. The fourth-order valence-electron chi connectivity index (χ4n) is 3.00. The lowest BCUT2D eigenvalue weighted by Crippen LogP contribution is -2.02. The predicted molar refractivity (Wildman–Crippen MR) is 111 cm³/mol. The summed E-state index contributed by atoms with van der Waals surface area (Å²) >= 11 is 1.42. The van der Waals surface area contributed by atoms with E-state index >= 15 is 0 Å². The van der Waals surface area contributed by atoms with Gasteiger partial charge in [-0.25, -0.2) is 0 Å². The molecule has 0 radical (unpaired) electrons. The van der Waals surface area contributed by atoms with Crippen molar-refractivity contribution in [1.82, 2.24) is 30.3 Å². The highest BCUT2D eigenvalue weighted by molar-refractivity contribution is 7.98. The Hall–Kier alpha value is -3.40. The zero-order valence-corrected chi connectivity index (χ0v) is 17.8. The summed E-state index contributed by atoms with van der Waals surface area (Å²) in [4.78, 5) is 4.48. The molecule has 0 spiro atoms. The molecule has 2 aromatic carbocycles. The summed E-state index contributed by atoms with van der Waals surface area (Å²) < 4.78 is 17.8. The van der Waals surface area contributed by atoms with Crippen molar-refractivity contribution >= 4 is 11.8 Å². The predicted octanol–water partition coefficient (Wildman–Crippen LogP) is 3.64. The minimum absolute atomic E-state index is 0.427. The van der Waals surface area contributed by atoms with E-state index in [4.69, 9.17) is 14.0 Å². The van der Waals surface area contributed by atoms with Crippen LogP contribution in [0.3, 0.4) is 0 Å². The molecule has 0 aliphatic carbocycles. The second kappa shape index (κ2) is 8.54. The van der Waals surface area contributed by atoms with Gasteiger partial charge in [-0.15, -0.1) is 5.10 Å². The topological polar surface area (TPSA) is 101 Å². The van der Waals surface area contributed by atoms with Crippen molar-refractivity contribution in [3.05, 3.63) is 53.4 Å². The summed E-state index contributed by atoms with van der Waals surface area (Å²) in [5.74, 6) is 2.62. The Kier molecular flexibility index (Phi) is 5.66. The normalized spacial score (nSPS) is 10.9. The Balaban J connectivity index is 1.52. The third kappa shape index (κ3) is 3.99. The number of tetrazole rings is 1. The molecule has 2 heterocycles. The maximum atomic E-state index is 5.42. The van der Waals surface area contributed by atoms with Crippen LogP contribution in [-0.4, -0.2) is 44.6 Å². The highest BCUT2D eigenvalue weighted by Crippen LogP contribution is 2.32. The average Bonchev–Trinajstić information content (AvgIpc) is 3.41. The molecular formula is C20H20N6O3S. The van der Waals surface area contributed by atoms with Crippen LogP contribution >= 0.6 is 11.8 Å². The van der Waals surface area contributed by atoms with Gasteiger partial charge in [-0.3, -0.25) is 0 Å². The summed E-state index contributed by atoms with van der Waals surface area (Å²) in [6.07, 6.45) is 0. The highest BCUT2D eigenvalue weighted by Gasteiger charge is 2.17. The summed E-state index contributed by atoms with van der Waals surface area (Å²) in [5.41, 5.74) is 3.93. The number of benzene rings is 2. The third-order valence-electron chi connectivity index (χ3n) is 4.46. The third-order valence-corrected chi connectivity index (χ3v) is 5.37. The SMILES string of the molecule is COc1ccc(-c2noc(CSc3nnnn3-c3ccc(C)cc3C)n2)c(OC)c1. The number of nitrogens with zero attached hydrogens (tertiary/aromatic N) is 6. The summed E-state index contributed by atoms with van der Waals surface area (Å²) in [6, 6.07) is 11.6. The Labute approximate surface area is 177 Å². The van der Waals surface area contributed by atoms with Gasteiger partial charge in [-0.1, -0.05) is 34.6 Å². The molecule has 0 N–H and O–H groups in total. The van der Waals surface area contributed by atoms with E-state index in [1.807, 2.05) is 31.2 Å². The van der Waals surface area contributed by atoms with E-state index in [0.29, 0.717) is 34.1 Å². The average molecular weight is 424 g/mol. The summed E-state index contributed by atoms with van der Waals surface area (Å²) in [5, 5.41) is 16.8. The Bertz CT molecular complexity index is 1170. The standard InChI is InChI=1S/C20H20N6O3S/c1-12-5-8-16(13(2)9-12)26-20(22-24-25-26)30-11-18-21-19(23-29-18)15-7-6-14(27-3)10-17(15)28-4/h5-10H,11H2,1-4H3. The fourth-order valence-corrected chi connectivity index (χ4v) is 3.72. The second-order valence-electron chi connectivity index (χ2n) is 6.53. The quantitative estimate of drug-likeness (QED) is 0.411. The van der Waals surface area contributed by atoms with Crippen LogP contribution in [-0.2, 0) is 5.75 Å². The first kappa shape index (κ1) is 19.9. The van der Waals surface area contributed by atoms with Crippen LogP contribution in [0.4, 0.5) is 0 Å². The smallest absolute Gasteiger partial charge is 0.237 e. The monoisotopic (exact) mass is 424 g/mol. The van der Waals surface area contributed by atoms with Crippen molar-refractivity contribution in [3.8, 4) is 28.6 Å². The summed E-state index contributed by atoms with van der Waals surface area (Å²) in [7, 11) is 3.19. The van der Waals surface area contributed by atoms with E-state index in [-0.39, 0.29) is 0 Å². The van der Waals surface area contributed by atoms with E-state index < -0.39 is 0 Å². The largest absolute Gasteiger partial charge is 0.497 e. The number of aryl methyl sites for hydroxylation is 2. The highest BCUT2D eigenvalue weighted by atomic mass is 32.2. The van der Waals surface area contributed by atoms with Crippen LogP contribution in [0, 0.1) is 13.8 Å². The van der Waals surface area contributed by atoms with Gasteiger partial charge < -0.3 is 14.0 Å². The van der Waals surface area contributed by atoms with Crippen LogP contribution in [0.1, 0.15) is 17.0 Å². The molecule has 10 heteroatoms. The Morgan fingerprint density at radius 2 is 1.93 bits per heavy atom. The van der Waals surface area contributed by atoms with Crippen LogP contribution in [0.5, 0.6) is 11.5 Å². The molecule has 0 atom stereocenters. The molecule has 0 amide bonds. The minimum atomic E-state index is 0.427. The molecule has 4 rings (SSSR count). The van der Waals surface area contributed by atoms with Gasteiger partial charge in [-0.2, -0.15) is 9.67 Å². The summed E-state index contributed by atoms with van der Waals surface area (Å²) in [6.45, 7) is 4.09. The van der Waals surface area contributed by atoms with Crippen LogP contribution in [0.15, 0.2) is 46.1 Å². The van der Waals surface area contributed by atoms with E-state index in [1.165, 1.54) is 17.3 Å². The van der Waals surface area contributed by atoms with Crippen LogP contribution in [0.2, 0.25) is 0 Å². The molecule has 9 nitrogen and oxygen atoms in total. The molecule has 0 fully saturated rings.